The van der Waals surface area contributed by atoms with Gasteiger partial charge in [-0.25, -0.2) is 0 Å². The van der Waals surface area contributed by atoms with Crippen LogP contribution in [0.5, 0.6) is 0 Å². The van der Waals surface area contributed by atoms with Crippen molar-refractivity contribution in [3.8, 4) is 0 Å². The summed E-state index contributed by atoms with van der Waals surface area (Å²) in [6.45, 7) is 2.42. The summed E-state index contributed by atoms with van der Waals surface area (Å²) < 4.78 is 6.00. The lowest BCUT2D eigenvalue weighted by Crippen LogP contribution is -2.57. The molecule has 92 valence electrons. The number of hydrogen-bond acceptors (Lipinski definition) is 2. The van der Waals surface area contributed by atoms with E-state index >= 15 is 0 Å². The Kier molecular flexibility index (Phi) is 1.96. The number of ether oxygens (including phenoxy) is 1. The van der Waals surface area contributed by atoms with Gasteiger partial charge in [-0.3, -0.25) is 4.79 Å². The molecular weight excluding hydrogens is 212 g/mol. The molecule has 0 amide bonds. The van der Waals surface area contributed by atoms with Gasteiger partial charge in [-0.1, -0.05) is 31.9 Å². The Labute approximate surface area is 102 Å². The number of rotatable bonds is 0. The van der Waals surface area contributed by atoms with Crippen LogP contribution in [0.25, 0.3) is 0 Å². The molecule has 0 spiro atoms. The molecule has 6 atom stereocenters. The minimum absolute atomic E-state index is 0.100. The monoisotopic (exact) mass is 232 g/mol. The van der Waals surface area contributed by atoms with Crippen molar-refractivity contribution in [3.05, 3.63) is 12.2 Å². The van der Waals surface area contributed by atoms with E-state index in [1.54, 1.807) is 0 Å². The zero-order chi connectivity index (χ0) is 11.6. The van der Waals surface area contributed by atoms with Gasteiger partial charge in [-0.15, -0.1) is 0 Å². The maximum atomic E-state index is 12.5. The third-order valence-electron chi connectivity index (χ3n) is 5.78. The lowest BCUT2D eigenvalue weighted by Gasteiger charge is -2.55. The van der Waals surface area contributed by atoms with Gasteiger partial charge in [0.15, 0.2) is 0 Å². The minimum atomic E-state index is 0.100. The lowest BCUT2D eigenvalue weighted by molar-refractivity contribution is -0.173. The third-order valence-corrected chi connectivity index (χ3v) is 5.78. The number of carbonyl (C=O) groups is 1. The maximum Gasteiger partial charge on any atom is 0.145 e. The van der Waals surface area contributed by atoms with E-state index < -0.39 is 0 Å². The molecule has 4 aliphatic rings. The van der Waals surface area contributed by atoms with Crippen molar-refractivity contribution >= 4 is 5.78 Å². The van der Waals surface area contributed by atoms with Gasteiger partial charge in [0.1, 0.15) is 5.78 Å². The van der Waals surface area contributed by atoms with Crippen LogP contribution in [0.3, 0.4) is 0 Å². The highest BCUT2D eigenvalue weighted by molar-refractivity contribution is 5.88. The van der Waals surface area contributed by atoms with Crippen LogP contribution in [0.15, 0.2) is 12.2 Å². The SMILES string of the molecule is C[C@@]12CCCC[C@@H]1[C@@H]1C(=O)[C@H](C2)[C@H]2C=C[C@@H]1O2. The molecule has 2 aliphatic carbocycles. The number of fused-ring (bicyclic) bond motifs is 8. The summed E-state index contributed by atoms with van der Waals surface area (Å²) in [7, 11) is 0. The fraction of sp³-hybridized carbons (Fsp3) is 0.800. The van der Waals surface area contributed by atoms with Gasteiger partial charge in [-0.2, -0.15) is 0 Å². The van der Waals surface area contributed by atoms with Crippen molar-refractivity contribution in [1.29, 1.82) is 0 Å². The van der Waals surface area contributed by atoms with E-state index in [1.165, 1.54) is 25.7 Å². The molecular formula is C15H20O2. The number of carbonyl (C=O) groups excluding carboxylic acids is 1. The van der Waals surface area contributed by atoms with Crippen LogP contribution in [0.4, 0.5) is 0 Å². The van der Waals surface area contributed by atoms with Crippen LogP contribution >= 0.6 is 0 Å². The van der Waals surface area contributed by atoms with E-state index in [9.17, 15) is 4.79 Å². The molecule has 4 bridgehead atoms. The molecule has 17 heavy (non-hydrogen) atoms. The van der Waals surface area contributed by atoms with E-state index in [0.717, 1.165) is 6.42 Å². The second-order valence-corrected chi connectivity index (χ2v) is 6.70. The zero-order valence-electron chi connectivity index (χ0n) is 10.4. The Morgan fingerprint density at radius 1 is 1.29 bits per heavy atom. The summed E-state index contributed by atoms with van der Waals surface area (Å²) in [5.74, 6) is 1.43. The summed E-state index contributed by atoms with van der Waals surface area (Å²) in [4.78, 5) is 12.5. The second-order valence-electron chi connectivity index (χ2n) is 6.70. The molecule has 0 aromatic rings. The largest absolute Gasteiger partial charge is 0.365 e. The van der Waals surface area contributed by atoms with Crippen molar-refractivity contribution in [2.45, 2.75) is 51.2 Å². The average molecular weight is 232 g/mol. The molecule has 0 aromatic carbocycles. The number of ketones is 1. The normalized spacial score (nSPS) is 55.8. The Morgan fingerprint density at radius 3 is 3.00 bits per heavy atom. The molecule has 0 unspecified atom stereocenters. The Balaban J connectivity index is 1.79. The first-order chi connectivity index (χ1) is 8.19. The summed E-state index contributed by atoms with van der Waals surface area (Å²) >= 11 is 0. The highest BCUT2D eigenvalue weighted by Crippen LogP contribution is 2.58. The van der Waals surface area contributed by atoms with Gasteiger partial charge in [-0.05, 0) is 30.6 Å². The van der Waals surface area contributed by atoms with Crippen molar-refractivity contribution < 1.29 is 9.53 Å². The molecule has 2 aliphatic heterocycles. The Bertz CT molecular complexity index is 400. The molecule has 2 saturated carbocycles. The molecule has 0 radical (unpaired) electrons. The second kappa shape index (κ2) is 3.23. The van der Waals surface area contributed by atoms with Crippen molar-refractivity contribution in [2.75, 3.05) is 0 Å². The molecule has 4 rings (SSSR count). The van der Waals surface area contributed by atoms with Crippen molar-refractivity contribution in [1.82, 2.24) is 0 Å². The maximum absolute atomic E-state index is 12.5. The summed E-state index contributed by atoms with van der Waals surface area (Å²) in [5.41, 5.74) is 0.411. The highest BCUT2D eigenvalue weighted by atomic mass is 16.5. The van der Waals surface area contributed by atoms with E-state index in [1.807, 2.05) is 0 Å². The molecule has 2 nitrogen and oxygen atoms in total. The van der Waals surface area contributed by atoms with Crippen LogP contribution in [0, 0.1) is 23.2 Å². The van der Waals surface area contributed by atoms with Gasteiger partial charge in [0.05, 0.1) is 18.1 Å². The predicted octanol–water partition coefficient (Wildman–Crippen LogP) is 2.73. The smallest absolute Gasteiger partial charge is 0.145 e. The van der Waals surface area contributed by atoms with E-state index in [-0.39, 0.29) is 24.0 Å². The van der Waals surface area contributed by atoms with Crippen LogP contribution < -0.4 is 0 Å². The average Bonchev–Trinajstić information content (AvgIpc) is 2.74. The summed E-state index contributed by atoms with van der Waals surface area (Å²) in [5, 5.41) is 0. The standard InChI is InChI=1S/C15H20O2/c1-15-7-3-2-4-10(15)13-12-6-5-11(17-12)9(8-15)14(13)16/h5-6,9-13H,2-4,7-8H2,1H3/t9-,10-,11-,12+,13+,15+/m1/s1. The molecule has 1 saturated heterocycles. The van der Waals surface area contributed by atoms with Crippen LogP contribution in [-0.4, -0.2) is 18.0 Å². The highest BCUT2D eigenvalue weighted by Gasteiger charge is 2.59. The first-order valence-electron chi connectivity index (χ1n) is 7.07. The van der Waals surface area contributed by atoms with Crippen molar-refractivity contribution in [3.63, 3.8) is 0 Å². The van der Waals surface area contributed by atoms with Gasteiger partial charge in [0.2, 0.25) is 0 Å². The minimum Gasteiger partial charge on any atom is -0.365 e. The molecule has 0 aromatic heterocycles. The first-order valence-corrected chi connectivity index (χ1v) is 7.07. The van der Waals surface area contributed by atoms with E-state index in [0.29, 0.717) is 17.1 Å². The number of Topliss-reactive ketones (excluding diaryl/α,β-unsaturated/α-hetero) is 1. The lowest BCUT2D eigenvalue weighted by atomic mass is 9.52. The van der Waals surface area contributed by atoms with Crippen LogP contribution in [-0.2, 0) is 9.53 Å². The molecule has 3 fully saturated rings. The quantitative estimate of drug-likeness (QED) is 0.600. The molecule has 2 heteroatoms. The molecule has 0 N–H and O–H groups in total. The fourth-order valence-electron chi connectivity index (χ4n) is 4.94. The van der Waals surface area contributed by atoms with Gasteiger partial charge < -0.3 is 4.74 Å². The summed E-state index contributed by atoms with van der Waals surface area (Å²) in [6.07, 6.45) is 10.8. The van der Waals surface area contributed by atoms with E-state index in [2.05, 4.69) is 19.1 Å². The third kappa shape index (κ3) is 1.22. The van der Waals surface area contributed by atoms with Crippen molar-refractivity contribution in [2.24, 2.45) is 23.2 Å². The van der Waals surface area contributed by atoms with Crippen LogP contribution in [0.2, 0.25) is 0 Å². The Hall–Kier alpha value is -0.630. The summed E-state index contributed by atoms with van der Waals surface area (Å²) in [6, 6.07) is 0. The first kappa shape index (κ1) is 10.3. The van der Waals surface area contributed by atoms with Gasteiger partial charge in [0, 0.05) is 5.92 Å². The van der Waals surface area contributed by atoms with Gasteiger partial charge >= 0.3 is 0 Å². The molecule has 2 heterocycles. The number of hydrogen-bond donors (Lipinski definition) is 0. The fourth-order valence-corrected chi connectivity index (χ4v) is 4.94. The Morgan fingerprint density at radius 2 is 2.12 bits per heavy atom. The zero-order valence-corrected chi connectivity index (χ0v) is 10.4. The predicted molar refractivity (Wildman–Crippen MR) is 64.5 cm³/mol. The van der Waals surface area contributed by atoms with E-state index in [4.69, 9.17) is 4.74 Å². The van der Waals surface area contributed by atoms with Crippen LogP contribution in [0.1, 0.15) is 39.0 Å². The van der Waals surface area contributed by atoms with Gasteiger partial charge in [0.25, 0.3) is 0 Å². The topological polar surface area (TPSA) is 26.3 Å².